The standard InChI is InChI=1S/C26H26FN3O2/c1-16-4-8-19(9-5-16)25-29-24(20-12-13-22(28-2)21(27)14-20)23(26(32)30(25)3)18-10-6-17(15-31)7-11-18/h6-7,10-14,16,19,31H,4-5,8-9,15H2,1,3H3. The van der Waals surface area contributed by atoms with Gasteiger partial charge in [-0.3, -0.25) is 9.36 Å². The molecule has 0 aliphatic heterocycles. The van der Waals surface area contributed by atoms with Crippen molar-refractivity contribution in [2.45, 2.75) is 45.1 Å². The lowest BCUT2D eigenvalue weighted by atomic mass is 9.82. The molecule has 5 nitrogen and oxygen atoms in total. The van der Waals surface area contributed by atoms with Crippen LogP contribution >= 0.6 is 0 Å². The Morgan fingerprint density at radius 2 is 1.78 bits per heavy atom. The summed E-state index contributed by atoms with van der Waals surface area (Å²) in [5, 5.41) is 9.37. The fraction of sp³-hybridized carbons (Fsp3) is 0.346. The van der Waals surface area contributed by atoms with E-state index in [4.69, 9.17) is 11.6 Å². The molecule has 2 aromatic carbocycles. The molecule has 0 bridgehead atoms. The summed E-state index contributed by atoms with van der Waals surface area (Å²) in [4.78, 5) is 21.7. The molecule has 0 unspecified atom stereocenters. The van der Waals surface area contributed by atoms with Crippen molar-refractivity contribution in [1.29, 1.82) is 0 Å². The fourth-order valence-electron chi connectivity index (χ4n) is 4.49. The fourth-order valence-corrected chi connectivity index (χ4v) is 4.49. The Morgan fingerprint density at radius 3 is 2.38 bits per heavy atom. The number of aromatic nitrogens is 2. The molecular formula is C26H26FN3O2. The molecule has 1 aromatic heterocycles. The van der Waals surface area contributed by atoms with Gasteiger partial charge >= 0.3 is 0 Å². The Kier molecular flexibility index (Phi) is 6.20. The van der Waals surface area contributed by atoms with Crippen molar-refractivity contribution in [2.75, 3.05) is 0 Å². The highest BCUT2D eigenvalue weighted by Gasteiger charge is 2.26. The lowest BCUT2D eigenvalue weighted by Gasteiger charge is -2.27. The average molecular weight is 432 g/mol. The molecule has 0 radical (unpaired) electrons. The van der Waals surface area contributed by atoms with Gasteiger partial charge in [-0.1, -0.05) is 56.2 Å². The Hall–Kier alpha value is -3.30. The molecule has 6 heteroatoms. The van der Waals surface area contributed by atoms with E-state index in [1.165, 1.54) is 12.1 Å². The smallest absolute Gasteiger partial charge is 0.261 e. The summed E-state index contributed by atoms with van der Waals surface area (Å²) in [6.07, 6.45) is 4.12. The summed E-state index contributed by atoms with van der Waals surface area (Å²) in [7, 11) is 1.75. The van der Waals surface area contributed by atoms with Gasteiger partial charge in [0, 0.05) is 18.5 Å². The topological polar surface area (TPSA) is 59.5 Å². The van der Waals surface area contributed by atoms with Crippen molar-refractivity contribution >= 4 is 5.69 Å². The Balaban J connectivity index is 1.93. The average Bonchev–Trinajstić information content (AvgIpc) is 2.81. The van der Waals surface area contributed by atoms with Crippen LogP contribution in [0.15, 0.2) is 47.3 Å². The largest absolute Gasteiger partial charge is 0.392 e. The van der Waals surface area contributed by atoms with Crippen molar-refractivity contribution < 1.29 is 9.50 Å². The normalized spacial score (nSPS) is 18.3. The molecule has 164 valence electrons. The first kappa shape index (κ1) is 21.9. The van der Waals surface area contributed by atoms with Crippen molar-refractivity contribution in [3.63, 3.8) is 0 Å². The van der Waals surface area contributed by atoms with E-state index >= 15 is 0 Å². The second-order valence-electron chi connectivity index (χ2n) is 8.65. The first-order valence-corrected chi connectivity index (χ1v) is 10.9. The first-order valence-electron chi connectivity index (χ1n) is 10.9. The van der Waals surface area contributed by atoms with Gasteiger partial charge in [-0.15, -0.1) is 0 Å². The number of nitrogens with zero attached hydrogens (tertiary/aromatic N) is 3. The number of aliphatic hydroxyl groups excluding tert-OH is 1. The molecule has 0 saturated heterocycles. The van der Waals surface area contributed by atoms with Crippen molar-refractivity contribution in [2.24, 2.45) is 13.0 Å². The van der Waals surface area contributed by atoms with Gasteiger partial charge in [0.05, 0.1) is 24.4 Å². The SMILES string of the molecule is [C-]#[N+]c1ccc(-c2nc(C3CCC(C)CC3)n(C)c(=O)c2-c2ccc(CO)cc2)cc1F. The first-order chi connectivity index (χ1) is 15.4. The van der Waals surface area contributed by atoms with Gasteiger partial charge in [-0.05, 0) is 36.0 Å². The van der Waals surface area contributed by atoms with Crippen LogP contribution in [0.2, 0.25) is 0 Å². The quantitative estimate of drug-likeness (QED) is 0.548. The predicted molar refractivity (Wildman–Crippen MR) is 123 cm³/mol. The molecule has 0 amide bonds. The van der Waals surface area contributed by atoms with Gasteiger partial charge in [0.1, 0.15) is 11.6 Å². The molecule has 0 spiro atoms. The summed E-state index contributed by atoms with van der Waals surface area (Å²) in [5.74, 6) is 0.944. The maximum atomic E-state index is 14.5. The van der Waals surface area contributed by atoms with Crippen molar-refractivity contribution in [1.82, 2.24) is 9.55 Å². The van der Waals surface area contributed by atoms with Crippen LogP contribution in [0.3, 0.4) is 0 Å². The summed E-state index contributed by atoms with van der Waals surface area (Å²) in [5.41, 5.74) is 2.43. The van der Waals surface area contributed by atoms with Crippen LogP contribution in [0.5, 0.6) is 0 Å². The third kappa shape index (κ3) is 4.09. The molecule has 1 fully saturated rings. The van der Waals surface area contributed by atoms with Crippen LogP contribution in [-0.2, 0) is 13.7 Å². The summed E-state index contributed by atoms with van der Waals surface area (Å²) >= 11 is 0. The number of hydrogen-bond donors (Lipinski definition) is 1. The minimum Gasteiger partial charge on any atom is -0.392 e. The van der Waals surface area contributed by atoms with E-state index in [0.29, 0.717) is 28.3 Å². The lowest BCUT2D eigenvalue weighted by Crippen LogP contribution is -2.28. The minimum atomic E-state index is -0.630. The summed E-state index contributed by atoms with van der Waals surface area (Å²) < 4.78 is 16.1. The van der Waals surface area contributed by atoms with Crippen LogP contribution in [-0.4, -0.2) is 14.7 Å². The van der Waals surface area contributed by atoms with E-state index in [0.717, 1.165) is 37.1 Å². The van der Waals surface area contributed by atoms with E-state index in [1.807, 2.05) is 0 Å². The number of rotatable bonds is 4. The van der Waals surface area contributed by atoms with Crippen LogP contribution in [0.1, 0.15) is 49.9 Å². The molecule has 0 atom stereocenters. The van der Waals surface area contributed by atoms with Crippen LogP contribution < -0.4 is 5.56 Å². The summed E-state index contributed by atoms with van der Waals surface area (Å²) in [6, 6.07) is 11.4. The van der Waals surface area contributed by atoms with E-state index in [-0.39, 0.29) is 23.8 Å². The highest BCUT2D eigenvalue weighted by molar-refractivity contribution is 5.81. The molecule has 32 heavy (non-hydrogen) atoms. The highest BCUT2D eigenvalue weighted by Crippen LogP contribution is 2.37. The van der Waals surface area contributed by atoms with Crippen LogP contribution in [0, 0.1) is 18.3 Å². The predicted octanol–water partition coefficient (Wildman–Crippen LogP) is 5.59. The number of aliphatic hydroxyl groups is 1. The molecule has 1 aliphatic rings. The Morgan fingerprint density at radius 1 is 1.12 bits per heavy atom. The second-order valence-corrected chi connectivity index (χ2v) is 8.65. The van der Waals surface area contributed by atoms with Gasteiger partial charge in [-0.25, -0.2) is 14.2 Å². The lowest BCUT2D eigenvalue weighted by molar-refractivity contribution is 0.282. The van der Waals surface area contributed by atoms with Gasteiger partial charge < -0.3 is 5.11 Å². The maximum Gasteiger partial charge on any atom is 0.261 e. The zero-order chi connectivity index (χ0) is 22.8. The Bertz CT molecular complexity index is 1230. The van der Waals surface area contributed by atoms with Crippen LogP contribution in [0.4, 0.5) is 10.1 Å². The van der Waals surface area contributed by atoms with Gasteiger partial charge in [0.2, 0.25) is 5.69 Å². The third-order valence-electron chi connectivity index (χ3n) is 6.47. The highest BCUT2D eigenvalue weighted by atomic mass is 19.1. The number of halogens is 1. The summed E-state index contributed by atoms with van der Waals surface area (Å²) in [6.45, 7) is 9.27. The monoisotopic (exact) mass is 431 g/mol. The van der Waals surface area contributed by atoms with Gasteiger partial charge in [0.15, 0.2) is 0 Å². The van der Waals surface area contributed by atoms with E-state index < -0.39 is 5.82 Å². The van der Waals surface area contributed by atoms with E-state index in [1.54, 1.807) is 41.9 Å². The third-order valence-corrected chi connectivity index (χ3v) is 6.47. The second kappa shape index (κ2) is 9.05. The molecule has 3 aromatic rings. The van der Waals surface area contributed by atoms with Gasteiger partial charge in [-0.2, -0.15) is 0 Å². The molecule has 4 rings (SSSR count). The zero-order valence-corrected chi connectivity index (χ0v) is 18.3. The van der Waals surface area contributed by atoms with Crippen molar-refractivity contribution in [3.8, 4) is 22.4 Å². The molecular weight excluding hydrogens is 405 g/mol. The number of hydrogen-bond acceptors (Lipinski definition) is 3. The molecule has 1 N–H and O–H groups in total. The minimum absolute atomic E-state index is 0.0621. The number of benzene rings is 2. The molecule has 1 aliphatic carbocycles. The van der Waals surface area contributed by atoms with E-state index in [9.17, 15) is 14.3 Å². The maximum absolute atomic E-state index is 14.5. The van der Waals surface area contributed by atoms with Crippen LogP contribution in [0.25, 0.3) is 27.2 Å². The molecule has 1 saturated carbocycles. The van der Waals surface area contributed by atoms with E-state index in [2.05, 4.69) is 11.8 Å². The Labute approximate surface area is 187 Å². The van der Waals surface area contributed by atoms with Gasteiger partial charge in [0.25, 0.3) is 5.56 Å². The zero-order valence-electron chi connectivity index (χ0n) is 18.3. The molecule has 1 heterocycles. The van der Waals surface area contributed by atoms with Crippen molar-refractivity contribution in [3.05, 3.63) is 81.4 Å².